The third-order valence-corrected chi connectivity index (χ3v) is 7.23. The van der Waals surface area contributed by atoms with E-state index in [1.165, 1.54) is 32.3 Å². The first-order valence-electron chi connectivity index (χ1n) is 8.78. The van der Waals surface area contributed by atoms with Crippen LogP contribution in [0, 0.1) is 0 Å². The first-order chi connectivity index (χ1) is 13.4. The Bertz CT molecular complexity index is 1180. The largest absolute Gasteiger partial charge is 0.300 e. The van der Waals surface area contributed by atoms with E-state index in [0.29, 0.717) is 29.1 Å². The Kier molecular flexibility index (Phi) is 5.00. The number of anilines is 1. The number of hydrogen-bond acceptors (Lipinski definition) is 6. The normalized spacial score (nSPS) is 15.1. The topological polar surface area (TPSA) is 101 Å². The minimum atomic E-state index is -3.55. The number of nitrogens with zero attached hydrogens (tertiary/aromatic N) is 3. The highest BCUT2D eigenvalue weighted by molar-refractivity contribution is 7.89. The summed E-state index contributed by atoms with van der Waals surface area (Å²) in [4.78, 5) is 28.8. The maximum absolute atomic E-state index is 12.8. The molecule has 0 unspecified atom stereocenters. The van der Waals surface area contributed by atoms with Gasteiger partial charge in [-0.05, 0) is 42.5 Å². The van der Waals surface area contributed by atoms with Crippen molar-refractivity contribution in [3.8, 4) is 0 Å². The Morgan fingerprint density at radius 3 is 2.68 bits per heavy atom. The van der Waals surface area contributed by atoms with Gasteiger partial charge in [-0.25, -0.2) is 13.4 Å². The first-order valence-corrected chi connectivity index (χ1v) is 11.1. The number of aromatic nitrogens is 2. The van der Waals surface area contributed by atoms with Crippen molar-refractivity contribution in [2.45, 2.75) is 24.3 Å². The summed E-state index contributed by atoms with van der Waals surface area (Å²) in [6.07, 6.45) is 3.30. The maximum atomic E-state index is 12.8. The molecule has 2 aromatic heterocycles. The second kappa shape index (κ2) is 7.46. The predicted molar refractivity (Wildman–Crippen MR) is 107 cm³/mol. The standard InChI is InChI=1S/C18H18N4O4S2/c23-16(20-18-19-7-10-27-18)12-22-15-5-4-14(11-13(15)3-6-17(22)24)28(25,26)21-8-1-2-9-21/h3-7,10-11H,1-2,8-9,12H2,(H,19,20,23). The minimum absolute atomic E-state index is 0.187. The number of benzene rings is 1. The molecule has 1 N–H and O–H groups in total. The van der Waals surface area contributed by atoms with Crippen LogP contribution in [0.15, 0.2) is 51.6 Å². The first kappa shape index (κ1) is 18.8. The number of rotatable bonds is 5. The van der Waals surface area contributed by atoms with Crippen LogP contribution in [0.4, 0.5) is 5.13 Å². The Hall–Kier alpha value is -2.56. The van der Waals surface area contributed by atoms with E-state index in [4.69, 9.17) is 0 Å². The van der Waals surface area contributed by atoms with Gasteiger partial charge in [0.25, 0.3) is 5.56 Å². The quantitative estimate of drug-likeness (QED) is 0.682. The van der Waals surface area contributed by atoms with Gasteiger partial charge in [0.15, 0.2) is 5.13 Å². The summed E-state index contributed by atoms with van der Waals surface area (Å²) in [5.74, 6) is -0.377. The van der Waals surface area contributed by atoms with Gasteiger partial charge >= 0.3 is 0 Å². The molecule has 3 aromatic rings. The number of hydrogen-bond donors (Lipinski definition) is 1. The van der Waals surface area contributed by atoms with Crippen molar-refractivity contribution in [3.63, 3.8) is 0 Å². The number of fused-ring (bicyclic) bond motifs is 1. The Balaban J connectivity index is 1.67. The van der Waals surface area contributed by atoms with Crippen LogP contribution in [0.5, 0.6) is 0 Å². The van der Waals surface area contributed by atoms with Crippen molar-refractivity contribution in [2.75, 3.05) is 18.4 Å². The highest BCUT2D eigenvalue weighted by atomic mass is 32.2. The molecule has 1 aliphatic rings. The molecule has 8 nitrogen and oxygen atoms in total. The van der Waals surface area contributed by atoms with Crippen molar-refractivity contribution in [1.29, 1.82) is 0 Å². The van der Waals surface area contributed by atoms with Gasteiger partial charge in [-0.2, -0.15) is 4.31 Å². The zero-order chi connectivity index (χ0) is 19.7. The van der Waals surface area contributed by atoms with Crippen LogP contribution in [-0.4, -0.2) is 41.3 Å². The summed E-state index contributed by atoms with van der Waals surface area (Å²) < 4.78 is 28.3. The van der Waals surface area contributed by atoms with Crippen molar-refractivity contribution in [2.24, 2.45) is 0 Å². The summed E-state index contributed by atoms with van der Waals surface area (Å²) in [7, 11) is -3.55. The van der Waals surface area contributed by atoms with Crippen molar-refractivity contribution >= 4 is 43.3 Å². The zero-order valence-corrected chi connectivity index (χ0v) is 16.5. The minimum Gasteiger partial charge on any atom is -0.300 e. The number of thiazole rings is 1. The van der Waals surface area contributed by atoms with Crippen molar-refractivity contribution in [1.82, 2.24) is 13.9 Å². The van der Waals surface area contributed by atoms with Crippen LogP contribution in [-0.2, 0) is 21.4 Å². The SMILES string of the molecule is O=C(Cn1c(=O)ccc2cc(S(=O)(=O)N3CCCC3)ccc21)Nc1nccs1. The van der Waals surface area contributed by atoms with E-state index in [1.807, 2.05) is 0 Å². The van der Waals surface area contributed by atoms with Crippen molar-refractivity contribution in [3.05, 3.63) is 52.3 Å². The van der Waals surface area contributed by atoms with E-state index in [2.05, 4.69) is 10.3 Å². The molecule has 0 spiro atoms. The second-order valence-electron chi connectivity index (χ2n) is 6.47. The van der Waals surface area contributed by atoms with Crippen molar-refractivity contribution < 1.29 is 13.2 Å². The van der Waals surface area contributed by atoms with E-state index in [1.54, 1.807) is 29.8 Å². The van der Waals surface area contributed by atoms with E-state index in [-0.39, 0.29) is 22.9 Å². The third-order valence-electron chi connectivity index (χ3n) is 4.64. The van der Waals surface area contributed by atoms with Crippen LogP contribution in [0.2, 0.25) is 0 Å². The van der Waals surface area contributed by atoms with Gasteiger partial charge in [0.1, 0.15) is 6.54 Å². The number of amides is 1. The fourth-order valence-corrected chi connectivity index (χ4v) is 5.37. The molecular weight excluding hydrogens is 400 g/mol. The molecule has 0 radical (unpaired) electrons. The van der Waals surface area contributed by atoms with E-state index in [9.17, 15) is 18.0 Å². The molecule has 0 bridgehead atoms. The monoisotopic (exact) mass is 418 g/mol. The molecule has 0 aliphatic carbocycles. The highest BCUT2D eigenvalue weighted by Crippen LogP contribution is 2.24. The highest BCUT2D eigenvalue weighted by Gasteiger charge is 2.27. The average molecular weight is 419 g/mol. The average Bonchev–Trinajstić information content (AvgIpc) is 3.38. The Morgan fingerprint density at radius 2 is 1.96 bits per heavy atom. The van der Waals surface area contributed by atoms with E-state index in [0.717, 1.165) is 12.8 Å². The zero-order valence-electron chi connectivity index (χ0n) is 14.9. The summed E-state index contributed by atoms with van der Waals surface area (Å²) in [6, 6.07) is 7.54. The smallest absolute Gasteiger partial charge is 0.251 e. The number of pyridine rings is 1. The predicted octanol–water partition coefficient (Wildman–Crippen LogP) is 1.88. The molecule has 1 fully saturated rings. The van der Waals surface area contributed by atoms with Gasteiger partial charge in [-0.3, -0.25) is 14.2 Å². The molecule has 1 amide bonds. The van der Waals surface area contributed by atoms with E-state index >= 15 is 0 Å². The molecule has 4 rings (SSSR count). The second-order valence-corrected chi connectivity index (χ2v) is 9.31. The lowest BCUT2D eigenvalue weighted by Crippen LogP contribution is -2.28. The Labute approximate surface area is 165 Å². The number of sulfonamides is 1. The lowest BCUT2D eigenvalue weighted by molar-refractivity contribution is -0.116. The molecule has 3 heterocycles. The summed E-state index contributed by atoms with van der Waals surface area (Å²) in [6.45, 7) is 0.863. The number of carbonyl (C=O) groups is 1. The van der Waals surface area contributed by atoms with Crippen LogP contribution < -0.4 is 10.9 Å². The molecule has 1 aliphatic heterocycles. The van der Waals surface area contributed by atoms with Crippen LogP contribution in [0.25, 0.3) is 10.9 Å². The van der Waals surface area contributed by atoms with Gasteiger partial charge in [-0.1, -0.05) is 0 Å². The van der Waals surface area contributed by atoms with Gasteiger partial charge in [0, 0.05) is 30.7 Å². The van der Waals surface area contributed by atoms with Gasteiger partial charge in [0.05, 0.1) is 10.4 Å². The Morgan fingerprint density at radius 1 is 1.18 bits per heavy atom. The molecule has 28 heavy (non-hydrogen) atoms. The lowest BCUT2D eigenvalue weighted by atomic mass is 10.2. The molecule has 1 saturated heterocycles. The summed E-state index contributed by atoms with van der Waals surface area (Å²) >= 11 is 1.28. The summed E-state index contributed by atoms with van der Waals surface area (Å²) in [5, 5.41) is 5.42. The third kappa shape index (κ3) is 3.58. The molecule has 0 atom stereocenters. The fourth-order valence-electron chi connectivity index (χ4n) is 3.27. The molecule has 146 valence electrons. The van der Waals surface area contributed by atoms with Gasteiger partial charge in [0.2, 0.25) is 15.9 Å². The molecule has 1 aromatic carbocycles. The maximum Gasteiger partial charge on any atom is 0.251 e. The molecule has 0 saturated carbocycles. The number of nitrogens with one attached hydrogen (secondary N) is 1. The van der Waals surface area contributed by atoms with Crippen LogP contribution in [0.3, 0.4) is 0 Å². The molecular formula is C18H18N4O4S2. The fraction of sp³-hybridized carbons (Fsp3) is 0.278. The lowest BCUT2D eigenvalue weighted by Gasteiger charge is -2.16. The van der Waals surface area contributed by atoms with Gasteiger partial charge in [-0.15, -0.1) is 11.3 Å². The summed E-state index contributed by atoms with van der Waals surface area (Å²) in [5.41, 5.74) is 0.166. The number of carbonyl (C=O) groups excluding carboxylic acids is 1. The van der Waals surface area contributed by atoms with Gasteiger partial charge < -0.3 is 5.32 Å². The van der Waals surface area contributed by atoms with E-state index < -0.39 is 10.0 Å². The van der Waals surface area contributed by atoms with Crippen LogP contribution in [0.1, 0.15) is 12.8 Å². The molecule has 10 heteroatoms. The van der Waals surface area contributed by atoms with Crippen LogP contribution >= 0.6 is 11.3 Å².